The van der Waals surface area contributed by atoms with Gasteiger partial charge < -0.3 is 24.7 Å². The summed E-state index contributed by atoms with van der Waals surface area (Å²) < 4.78 is 29.3. The molecule has 0 saturated carbocycles. The number of nitrogens with two attached hydrogens (primary N) is 1. The molecular formula is C28H50N5O6P. The number of carbonyl (C=O) groups excluding carboxylic acids is 1. The normalized spacial score (nSPS) is 13.9. The predicted octanol–water partition coefficient (Wildman–Crippen LogP) is 6.74. The minimum atomic E-state index is -4.08. The summed E-state index contributed by atoms with van der Waals surface area (Å²) in [4.78, 5) is 34.1. The van der Waals surface area contributed by atoms with Gasteiger partial charge in [0.25, 0.3) is 0 Å². The van der Waals surface area contributed by atoms with Gasteiger partial charge in [0.15, 0.2) is 11.5 Å². The number of nitrogen functional groups attached to an aromatic ring is 1. The van der Waals surface area contributed by atoms with Crippen LogP contribution in [0, 0.1) is 0 Å². The van der Waals surface area contributed by atoms with Gasteiger partial charge in [0.1, 0.15) is 18.2 Å². The number of anilines is 1. The van der Waals surface area contributed by atoms with Crippen molar-refractivity contribution in [1.29, 1.82) is 0 Å². The maximum Gasteiger partial charge on any atom is 0.356 e. The van der Waals surface area contributed by atoms with Gasteiger partial charge in [-0.05, 0) is 13.3 Å². The largest absolute Gasteiger partial charge is 0.438 e. The quantitative estimate of drug-likeness (QED) is 0.0588. The molecule has 0 bridgehead atoms. The Morgan fingerprint density at radius 1 is 0.950 bits per heavy atom. The van der Waals surface area contributed by atoms with Gasteiger partial charge in [0.05, 0.1) is 19.0 Å². The molecule has 2 aromatic rings. The Balaban J connectivity index is 1.43. The Morgan fingerprint density at radius 3 is 2.12 bits per heavy atom. The third-order valence-electron chi connectivity index (χ3n) is 6.86. The van der Waals surface area contributed by atoms with E-state index in [0.29, 0.717) is 17.7 Å². The molecule has 0 amide bonds. The van der Waals surface area contributed by atoms with Crippen molar-refractivity contribution in [2.75, 3.05) is 18.9 Å². The lowest BCUT2D eigenvalue weighted by Crippen LogP contribution is -2.18. The van der Waals surface area contributed by atoms with E-state index in [9.17, 15) is 14.3 Å². The van der Waals surface area contributed by atoms with E-state index in [1.807, 2.05) is 0 Å². The topological polar surface area (TPSA) is 152 Å². The average Bonchev–Trinajstić information content (AvgIpc) is 3.33. The van der Waals surface area contributed by atoms with Crippen LogP contribution in [0.4, 0.5) is 5.82 Å². The summed E-state index contributed by atoms with van der Waals surface area (Å²) in [6.07, 6.45) is 21.1. The molecule has 0 aliphatic carbocycles. The molecule has 228 valence electrons. The molecule has 3 N–H and O–H groups in total. The highest BCUT2D eigenvalue weighted by molar-refractivity contribution is 7.52. The number of rotatable bonds is 24. The van der Waals surface area contributed by atoms with Gasteiger partial charge in [-0.2, -0.15) is 0 Å². The van der Waals surface area contributed by atoms with Crippen LogP contribution in [-0.4, -0.2) is 49.6 Å². The van der Waals surface area contributed by atoms with Gasteiger partial charge >= 0.3 is 13.6 Å². The van der Waals surface area contributed by atoms with E-state index >= 15 is 0 Å². The lowest BCUT2D eigenvalue weighted by atomic mass is 10.0. The molecule has 2 atom stereocenters. The highest BCUT2D eigenvalue weighted by atomic mass is 31.2. The van der Waals surface area contributed by atoms with E-state index in [1.165, 1.54) is 83.4 Å². The number of ether oxygens (including phenoxy) is 2. The van der Waals surface area contributed by atoms with E-state index in [4.69, 9.17) is 19.7 Å². The van der Waals surface area contributed by atoms with Crippen LogP contribution in [0.3, 0.4) is 0 Å². The first-order valence-electron chi connectivity index (χ1n) is 15.0. The Hall–Kier alpha value is -2.07. The fourth-order valence-corrected chi connectivity index (χ4v) is 5.24. The second kappa shape index (κ2) is 19.9. The summed E-state index contributed by atoms with van der Waals surface area (Å²) in [5, 5.41) is 0. The van der Waals surface area contributed by atoms with Crippen molar-refractivity contribution in [1.82, 2.24) is 19.5 Å². The first-order chi connectivity index (χ1) is 19.3. The number of nitrogens with zero attached hydrogens (tertiary/aromatic N) is 4. The van der Waals surface area contributed by atoms with E-state index in [2.05, 4.69) is 21.9 Å². The predicted molar refractivity (Wildman–Crippen MR) is 157 cm³/mol. The van der Waals surface area contributed by atoms with Crippen LogP contribution < -0.4 is 5.73 Å². The maximum atomic E-state index is 12.2. The van der Waals surface area contributed by atoms with Gasteiger partial charge in [0, 0.05) is 6.42 Å². The SMILES string of the molecule is CCCCCCCCCCCCCCCCCC(=O)OCOP(=O)(O)CO[C@H](C)Cn1cnc2c(N)ncnc21. The van der Waals surface area contributed by atoms with Crippen molar-refractivity contribution in [2.24, 2.45) is 0 Å². The number of aromatic nitrogens is 4. The van der Waals surface area contributed by atoms with Crippen LogP contribution in [0.1, 0.15) is 117 Å². The van der Waals surface area contributed by atoms with Crippen LogP contribution in [0.2, 0.25) is 0 Å². The molecule has 0 saturated heterocycles. The monoisotopic (exact) mass is 583 g/mol. The summed E-state index contributed by atoms with van der Waals surface area (Å²) in [6.45, 7) is 3.76. The molecule has 2 heterocycles. The molecule has 0 radical (unpaired) electrons. The van der Waals surface area contributed by atoms with E-state index < -0.39 is 32.8 Å². The third kappa shape index (κ3) is 14.5. The zero-order valence-corrected chi connectivity index (χ0v) is 25.4. The summed E-state index contributed by atoms with van der Waals surface area (Å²) in [6, 6.07) is 0. The molecule has 12 heteroatoms. The van der Waals surface area contributed by atoms with Crippen molar-refractivity contribution in [3.8, 4) is 0 Å². The molecule has 2 rings (SSSR count). The second-order valence-corrected chi connectivity index (χ2v) is 12.3. The van der Waals surface area contributed by atoms with Gasteiger partial charge in [0.2, 0.25) is 6.79 Å². The lowest BCUT2D eigenvalue weighted by molar-refractivity contribution is -0.150. The number of carbonyl (C=O) groups is 1. The minimum absolute atomic E-state index is 0.276. The Bertz CT molecular complexity index is 1020. The van der Waals surface area contributed by atoms with Crippen molar-refractivity contribution in [3.63, 3.8) is 0 Å². The first kappa shape index (κ1) is 34.1. The summed E-state index contributed by atoms with van der Waals surface area (Å²) in [5.74, 6) is -0.156. The lowest BCUT2D eigenvalue weighted by Gasteiger charge is -2.17. The molecule has 1 unspecified atom stereocenters. The smallest absolute Gasteiger partial charge is 0.356 e. The Morgan fingerprint density at radius 2 is 1.52 bits per heavy atom. The van der Waals surface area contributed by atoms with Crippen LogP contribution >= 0.6 is 7.60 Å². The van der Waals surface area contributed by atoms with Gasteiger partial charge in [-0.25, -0.2) is 15.0 Å². The van der Waals surface area contributed by atoms with E-state index in [1.54, 1.807) is 17.8 Å². The zero-order valence-electron chi connectivity index (χ0n) is 24.5. The fourth-order valence-electron chi connectivity index (χ4n) is 4.51. The van der Waals surface area contributed by atoms with E-state index in [0.717, 1.165) is 19.3 Å². The molecule has 2 aromatic heterocycles. The fraction of sp³-hybridized carbons (Fsp3) is 0.786. The summed E-state index contributed by atoms with van der Waals surface area (Å²) in [7, 11) is -4.08. The first-order valence-corrected chi connectivity index (χ1v) is 16.7. The van der Waals surface area contributed by atoms with Gasteiger partial charge in [-0.15, -0.1) is 0 Å². The van der Waals surface area contributed by atoms with Crippen LogP contribution in [0.5, 0.6) is 0 Å². The number of hydrogen-bond acceptors (Lipinski definition) is 9. The molecule has 0 aliphatic rings. The van der Waals surface area contributed by atoms with Crippen LogP contribution in [-0.2, 0) is 29.9 Å². The minimum Gasteiger partial charge on any atom is -0.438 e. The Labute approximate surface area is 239 Å². The van der Waals surface area contributed by atoms with Crippen molar-refractivity contribution in [2.45, 2.75) is 129 Å². The average molecular weight is 584 g/mol. The summed E-state index contributed by atoms with van der Waals surface area (Å²) >= 11 is 0. The Kier molecular flexibility index (Phi) is 17.0. The number of fused-ring (bicyclic) bond motifs is 1. The number of hydrogen-bond donors (Lipinski definition) is 2. The molecule has 11 nitrogen and oxygen atoms in total. The standard InChI is InChI=1S/C28H50N5O6P/c1-3-4-5-6-7-8-9-10-11-12-13-14-15-16-17-18-25(34)37-22-39-40(35,36)23-38-24(2)19-33-21-32-26-27(29)30-20-31-28(26)33/h20-21,24H,3-19,22-23H2,1-2H3,(H,35,36)(H2,29,30,31)/t24-/m1/s1. The van der Waals surface area contributed by atoms with Crippen molar-refractivity contribution < 1.29 is 28.3 Å². The van der Waals surface area contributed by atoms with Crippen molar-refractivity contribution >= 4 is 30.5 Å². The summed E-state index contributed by atoms with van der Waals surface area (Å²) in [5.41, 5.74) is 6.82. The van der Waals surface area contributed by atoms with Crippen LogP contribution in [0.15, 0.2) is 12.7 Å². The molecular weight excluding hydrogens is 533 g/mol. The number of esters is 1. The van der Waals surface area contributed by atoms with Gasteiger partial charge in [-0.3, -0.25) is 13.9 Å². The molecule has 0 aromatic carbocycles. The molecule has 40 heavy (non-hydrogen) atoms. The highest BCUT2D eigenvalue weighted by Crippen LogP contribution is 2.42. The second-order valence-electron chi connectivity index (χ2n) is 10.5. The maximum absolute atomic E-state index is 12.2. The molecule has 0 aliphatic heterocycles. The molecule has 0 spiro atoms. The highest BCUT2D eigenvalue weighted by Gasteiger charge is 2.22. The van der Waals surface area contributed by atoms with Gasteiger partial charge in [-0.1, -0.05) is 96.8 Å². The number of imidazole rings is 1. The van der Waals surface area contributed by atoms with E-state index in [-0.39, 0.29) is 12.2 Å². The third-order valence-corrected chi connectivity index (χ3v) is 7.85. The number of unbranched alkanes of at least 4 members (excludes halogenated alkanes) is 14. The van der Waals surface area contributed by atoms with Crippen molar-refractivity contribution in [3.05, 3.63) is 12.7 Å². The molecule has 0 fully saturated rings. The van der Waals surface area contributed by atoms with Crippen LogP contribution in [0.25, 0.3) is 11.2 Å². The zero-order chi connectivity index (χ0) is 29.1.